The lowest BCUT2D eigenvalue weighted by molar-refractivity contribution is -0.128. The molecule has 0 rings (SSSR count). The highest BCUT2D eigenvalue weighted by atomic mass is 35.5. The first-order chi connectivity index (χ1) is 4.95. The van der Waals surface area contributed by atoms with Gasteiger partial charge in [0.25, 0.3) is 0 Å². The fourth-order valence-electron chi connectivity index (χ4n) is 0.473. The lowest BCUT2D eigenvalue weighted by Crippen LogP contribution is -2.36. The smallest absolute Gasteiger partial charge is 0.317 e. The number of halogens is 1. The third-order valence-electron chi connectivity index (χ3n) is 1.26. The van der Waals surface area contributed by atoms with Crippen LogP contribution in [0.4, 0.5) is 4.79 Å². The molecule has 2 amide bonds. The Hall–Kier alpha value is -0.770. The van der Waals surface area contributed by atoms with Crippen LogP contribution in [0.5, 0.6) is 0 Å². The maximum atomic E-state index is 10.6. The molecule has 0 N–H and O–H groups in total. The second-order valence-electron chi connectivity index (χ2n) is 2.31. The van der Waals surface area contributed by atoms with Crippen LogP contribution in [0.3, 0.4) is 0 Å². The predicted molar refractivity (Wildman–Crippen MR) is 42.3 cm³/mol. The van der Waals surface area contributed by atoms with E-state index in [4.69, 9.17) is 11.6 Å². The average molecular weight is 179 g/mol. The third kappa shape index (κ3) is 3.83. The SMILES string of the molecule is CC(=O)N(C)CN(C)C(=O)Cl. The summed E-state index contributed by atoms with van der Waals surface area (Å²) in [6.07, 6.45) is 0. The van der Waals surface area contributed by atoms with Crippen molar-refractivity contribution in [2.45, 2.75) is 6.92 Å². The van der Waals surface area contributed by atoms with Crippen LogP contribution in [0.15, 0.2) is 0 Å². The lowest BCUT2D eigenvalue weighted by atomic mass is 10.6. The highest BCUT2D eigenvalue weighted by molar-refractivity contribution is 6.62. The van der Waals surface area contributed by atoms with Crippen LogP contribution in [0.1, 0.15) is 6.92 Å². The van der Waals surface area contributed by atoms with Crippen molar-refractivity contribution in [2.24, 2.45) is 0 Å². The molecule has 0 spiro atoms. The molecule has 0 saturated carbocycles. The Labute approximate surface area is 70.7 Å². The summed E-state index contributed by atoms with van der Waals surface area (Å²) in [7, 11) is 3.12. The number of nitrogens with zero attached hydrogens (tertiary/aromatic N) is 2. The Bertz CT molecular complexity index is 154. The van der Waals surface area contributed by atoms with Gasteiger partial charge >= 0.3 is 5.37 Å². The van der Waals surface area contributed by atoms with Gasteiger partial charge in [0.2, 0.25) is 5.91 Å². The molecule has 0 aliphatic heterocycles. The maximum absolute atomic E-state index is 10.6. The van der Waals surface area contributed by atoms with Crippen molar-refractivity contribution in [3.8, 4) is 0 Å². The van der Waals surface area contributed by atoms with Gasteiger partial charge in [-0.15, -0.1) is 0 Å². The molecule has 0 saturated heterocycles. The minimum atomic E-state index is -0.571. The molecule has 5 heteroatoms. The molecule has 0 aromatic heterocycles. The van der Waals surface area contributed by atoms with Crippen molar-refractivity contribution in [1.29, 1.82) is 0 Å². The highest BCUT2D eigenvalue weighted by Crippen LogP contribution is 1.94. The summed E-state index contributed by atoms with van der Waals surface area (Å²) in [6.45, 7) is 1.64. The summed E-state index contributed by atoms with van der Waals surface area (Å²) in [6, 6.07) is 0. The molecule has 11 heavy (non-hydrogen) atoms. The van der Waals surface area contributed by atoms with Crippen molar-refractivity contribution in [3.05, 3.63) is 0 Å². The first-order valence-electron chi connectivity index (χ1n) is 3.07. The lowest BCUT2D eigenvalue weighted by Gasteiger charge is -2.21. The van der Waals surface area contributed by atoms with E-state index in [1.807, 2.05) is 0 Å². The summed E-state index contributed by atoms with van der Waals surface area (Å²) in [4.78, 5) is 23.7. The van der Waals surface area contributed by atoms with Crippen molar-refractivity contribution in [3.63, 3.8) is 0 Å². The van der Waals surface area contributed by atoms with E-state index in [0.29, 0.717) is 0 Å². The van der Waals surface area contributed by atoms with Crippen molar-refractivity contribution < 1.29 is 9.59 Å². The molecule has 0 unspecified atom stereocenters. The molecular formula is C6H11ClN2O2. The topological polar surface area (TPSA) is 40.6 Å². The van der Waals surface area contributed by atoms with E-state index in [2.05, 4.69) is 0 Å². The molecule has 4 nitrogen and oxygen atoms in total. The highest BCUT2D eigenvalue weighted by Gasteiger charge is 2.08. The molecule has 0 aliphatic rings. The molecule has 0 radical (unpaired) electrons. The quantitative estimate of drug-likeness (QED) is 0.355. The monoisotopic (exact) mass is 178 g/mol. The molecule has 0 bridgehead atoms. The Morgan fingerprint density at radius 1 is 1.27 bits per heavy atom. The molecule has 0 atom stereocenters. The van der Waals surface area contributed by atoms with E-state index >= 15 is 0 Å². The van der Waals surface area contributed by atoms with Crippen LogP contribution in [0.25, 0.3) is 0 Å². The minimum Gasteiger partial charge on any atom is -0.328 e. The first-order valence-corrected chi connectivity index (χ1v) is 3.45. The fourth-order valence-corrected chi connectivity index (χ4v) is 0.527. The molecular weight excluding hydrogens is 168 g/mol. The van der Waals surface area contributed by atoms with Crippen LogP contribution in [0.2, 0.25) is 0 Å². The number of carbonyl (C=O) groups excluding carboxylic acids is 2. The number of carbonyl (C=O) groups is 2. The summed E-state index contributed by atoms with van der Waals surface area (Å²) in [5.41, 5.74) is 0. The maximum Gasteiger partial charge on any atom is 0.317 e. The Balaban J connectivity index is 3.84. The molecule has 0 aromatic rings. The first kappa shape index (κ1) is 10.2. The third-order valence-corrected chi connectivity index (χ3v) is 1.55. The zero-order valence-corrected chi connectivity index (χ0v) is 7.55. The van der Waals surface area contributed by atoms with E-state index in [1.54, 1.807) is 7.05 Å². The van der Waals surface area contributed by atoms with E-state index in [9.17, 15) is 9.59 Å². The van der Waals surface area contributed by atoms with Crippen molar-refractivity contribution >= 4 is 22.9 Å². The Kier molecular flexibility index (Phi) is 3.89. The van der Waals surface area contributed by atoms with Gasteiger partial charge in [-0.2, -0.15) is 0 Å². The van der Waals surface area contributed by atoms with Gasteiger partial charge < -0.3 is 9.80 Å². The molecule has 0 aliphatic carbocycles. The summed E-state index contributed by atoms with van der Waals surface area (Å²) < 4.78 is 0. The molecule has 0 fully saturated rings. The van der Waals surface area contributed by atoms with Gasteiger partial charge in [0.15, 0.2) is 0 Å². The van der Waals surface area contributed by atoms with E-state index < -0.39 is 5.37 Å². The second-order valence-corrected chi connectivity index (χ2v) is 2.63. The fraction of sp³-hybridized carbons (Fsp3) is 0.667. The van der Waals surface area contributed by atoms with Crippen molar-refractivity contribution in [2.75, 3.05) is 20.8 Å². The Morgan fingerprint density at radius 3 is 2.00 bits per heavy atom. The van der Waals surface area contributed by atoms with Crippen molar-refractivity contribution in [1.82, 2.24) is 9.80 Å². The van der Waals surface area contributed by atoms with Crippen LogP contribution in [0, 0.1) is 0 Å². The van der Waals surface area contributed by atoms with Gasteiger partial charge in [0.05, 0.1) is 6.67 Å². The number of rotatable bonds is 2. The van der Waals surface area contributed by atoms with Gasteiger partial charge in [0.1, 0.15) is 0 Å². The number of amides is 2. The number of hydrogen-bond donors (Lipinski definition) is 0. The standard InChI is InChI=1S/C6H11ClN2O2/c1-5(10)8(2)4-9(3)6(7)11/h4H2,1-3H3. The minimum absolute atomic E-state index is 0.102. The van der Waals surface area contributed by atoms with Gasteiger partial charge in [-0.05, 0) is 11.6 Å². The van der Waals surface area contributed by atoms with Crippen LogP contribution < -0.4 is 0 Å². The average Bonchev–Trinajstić information content (AvgIpc) is 1.87. The van der Waals surface area contributed by atoms with Crippen LogP contribution >= 0.6 is 11.6 Å². The van der Waals surface area contributed by atoms with Gasteiger partial charge in [-0.3, -0.25) is 9.59 Å². The Morgan fingerprint density at radius 2 is 1.73 bits per heavy atom. The van der Waals surface area contributed by atoms with E-state index in [-0.39, 0.29) is 12.6 Å². The zero-order chi connectivity index (χ0) is 9.02. The predicted octanol–water partition coefficient (Wildman–Crippen LogP) is 0.713. The largest absolute Gasteiger partial charge is 0.328 e. The van der Waals surface area contributed by atoms with Gasteiger partial charge in [0, 0.05) is 21.0 Å². The van der Waals surface area contributed by atoms with Crippen LogP contribution in [-0.2, 0) is 4.79 Å². The number of hydrogen-bond acceptors (Lipinski definition) is 2. The summed E-state index contributed by atoms with van der Waals surface area (Å²) in [5.74, 6) is -0.102. The van der Waals surface area contributed by atoms with Gasteiger partial charge in [-0.1, -0.05) is 0 Å². The normalized spacial score (nSPS) is 9.09. The zero-order valence-electron chi connectivity index (χ0n) is 6.80. The molecule has 0 aromatic carbocycles. The van der Waals surface area contributed by atoms with E-state index in [0.717, 1.165) is 0 Å². The molecule has 0 heterocycles. The second kappa shape index (κ2) is 4.18. The van der Waals surface area contributed by atoms with Gasteiger partial charge in [-0.25, -0.2) is 0 Å². The summed E-state index contributed by atoms with van der Waals surface area (Å²) >= 11 is 5.13. The summed E-state index contributed by atoms with van der Waals surface area (Å²) in [5, 5.41) is -0.571. The van der Waals surface area contributed by atoms with E-state index in [1.165, 1.54) is 23.8 Å². The molecule has 64 valence electrons. The van der Waals surface area contributed by atoms with Crippen LogP contribution in [-0.4, -0.2) is 41.8 Å².